The van der Waals surface area contributed by atoms with E-state index in [-0.39, 0.29) is 6.10 Å². The molecule has 1 saturated heterocycles. The van der Waals surface area contributed by atoms with Gasteiger partial charge in [0.05, 0.1) is 30.5 Å². The molecule has 2 N–H and O–H groups in total. The quantitative estimate of drug-likeness (QED) is 0.594. The van der Waals surface area contributed by atoms with Gasteiger partial charge < -0.3 is 25.0 Å². The molecule has 0 bridgehead atoms. The van der Waals surface area contributed by atoms with Crippen molar-refractivity contribution in [3.63, 3.8) is 0 Å². The number of hydrogen-bond acceptors (Lipinski definition) is 9. The third-order valence-electron chi connectivity index (χ3n) is 7.02. The van der Waals surface area contributed by atoms with E-state index in [0.717, 1.165) is 106 Å². The minimum absolute atomic E-state index is 0.164. The molecule has 3 aliphatic rings. The zero-order valence-corrected chi connectivity index (χ0v) is 19.4. The maximum atomic E-state index is 6.55. The van der Waals surface area contributed by atoms with Crippen LogP contribution in [0, 0.1) is 0 Å². The monoisotopic (exact) mass is 461 g/mol. The lowest BCUT2D eigenvalue weighted by molar-refractivity contribution is 0.122. The average molecular weight is 462 g/mol. The molecule has 0 atom stereocenters. The number of benzene rings is 1. The van der Waals surface area contributed by atoms with Crippen LogP contribution in [-0.4, -0.2) is 64.9 Å². The van der Waals surface area contributed by atoms with E-state index >= 15 is 0 Å². The molecule has 3 aromatic rings. The summed E-state index contributed by atoms with van der Waals surface area (Å²) in [6, 6.07) is 4.60. The molecule has 0 unspecified atom stereocenters. The summed E-state index contributed by atoms with van der Waals surface area (Å²) < 4.78 is 12.1. The zero-order valence-electron chi connectivity index (χ0n) is 19.4. The van der Waals surface area contributed by atoms with E-state index in [1.54, 1.807) is 12.4 Å². The van der Waals surface area contributed by atoms with E-state index in [1.807, 2.05) is 6.20 Å². The summed E-state index contributed by atoms with van der Waals surface area (Å²) in [7, 11) is 0. The smallest absolute Gasteiger partial charge is 0.223 e. The number of rotatable bonds is 5. The Morgan fingerprint density at radius 2 is 1.88 bits per heavy atom. The van der Waals surface area contributed by atoms with E-state index in [9.17, 15) is 0 Å². The van der Waals surface area contributed by atoms with Crippen molar-refractivity contribution in [2.75, 3.05) is 43.1 Å². The lowest BCUT2D eigenvalue weighted by Gasteiger charge is -2.31. The van der Waals surface area contributed by atoms with Crippen LogP contribution in [-0.2, 0) is 17.7 Å². The first-order valence-corrected chi connectivity index (χ1v) is 12.4. The van der Waals surface area contributed by atoms with Gasteiger partial charge >= 0.3 is 0 Å². The first-order chi connectivity index (χ1) is 16.8. The molecular formula is C25H31N7O2. The molecule has 6 rings (SSSR count). The second-order valence-corrected chi connectivity index (χ2v) is 9.30. The summed E-state index contributed by atoms with van der Waals surface area (Å²) in [4.78, 5) is 20.7. The van der Waals surface area contributed by atoms with Gasteiger partial charge in [-0.3, -0.25) is 4.98 Å². The molecule has 34 heavy (non-hydrogen) atoms. The Morgan fingerprint density at radius 3 is 2.76 bits per heavy atom. The lowest BCUT2D eigenvalue weighted by atomic mass is 9.93. The summed E-state index contributed by atoms with van der Waals surface area (Å²) in [5.74, 6) is 1.57. The van der Waals surface area contributed by atoms with Crippen LogP contribution in [0.25, 0.3) is 11.0 Å². The second kappa shape index (κ2) is 9.68. The van der Waals surface area contributed by atoms with Crippen molar-refractivity contribution in [2.24, 2.45) is 0 Å². The largest absolute Gasteiger partial charge is 0.488 e. The summed E-state index contributed by atoms with van der Waals surface area (Å²) in [6.07, 6.45) is 10.6. The third kappa shape index (κ3) is 4.63. The molecule has 1 aliphatic carbocycles. The third-order valence-corrected chi connectivity index (χ3v) is 7.02. The summed E-state index contributed by atoms with van der Waals surface area (Å²) in [5.41, 5.74) is 5.21. The van der Waals surface area contributed by atoms with Gasteiger partial charge in [0.15, 0.2) is 0 Å². The Balaban J connectivity index is 1.12. The number of hydrogen-bond donors (Lipinski definition) is 2. The van der Waals surface area contributed by atoms with E-state index < -0.39 is 0 Å². The molecule has 0 amide bonds. The Hall–Kier alpha value is -3.04. The van der Waals surface area contributed by atoms with Gasteiger partial charge in [0.1, 0.15) is 11.3 Å². The Morgan fingerprint density at radius 1 is 1.03 bits per heavy atom. The van der Waals surface area contributed by atoms with E-state index in [4.69, 9.17) is 14.5 Å². The molecule has 178 valence electrons. The summed E-state index contributed by atoms with van der Waals surface area (Å²) >= 11 is 0. The molecule has 2 fully saturated rings. The van der Waals surface area contributed by atoms with Crippen molar-refractivity contribution in [3.8, 4) is 5.75 Å². The maximum Gasteiger partial charge on any atom is 0.223 e. The molecule has 1 saturated carbocycles. The number of nitrogens with zero attached hydrogens (tertiary/aromatic N) is 5. The Labute approximate surface area is 199 Å². The number of anilines is 2. The van der Waals surface area contributed by atoms with E-state index in [0.29, 0.717) is 6.04 Å². The number of nitrogens with one attached hydrogen (secondary N) is 2. The van der Waals surface area contributed by atoms with Crippen molar-refractivity contribution in [1.82, 2.24) is 25.3 Å². The topological polar surface area (TPSA) is 97.3 Å². The van der Waals surface area contributed by atoms with Crippen LogP contribution in [0.15, 0.2) is 30.7 Å². The predicted molar refractivity (Wildman–Crippen MR) is 130 cm³/mol. The number of aromatic nitrogens is 4. The number of ether oxygens (including phenoxy) is 2. The average Bonchev–Trinajstić information content (AvgIpc) is 2.90. The molecule has 9 heteroatoms. The van der Waals surface area contributed by atoms with Gasteiger partial charge in [-0.25, -0.2) is 15.0 Å². The SMILES string of the molecule is c1cnc2c(OC3CCC(Nc4ncc5c(n4)CNCC5)CC3)cc(N3CCOCC3)cc2n1. The highest BCUT2D eigenvalue weighted by molar-refractivity contribution is 5.85. The van der Waals surface area contributed by atoms with Crippen LogP contribution in [0.2, 0.25) is 0 Å². The molecule has 9 nitrogen and oxygen atoms in total. The number of fused-ring (bicyclic) bond motifs is 2. The van der Waals surface area contributed by atoms with Crippen LogP contribution in [0.3, 0.4) is 0 Å². The minimum atomic E-state index is 0.164. The fourth-order valence-corrected chi connectivity index (χ4v) is 5.11. The normalized spacial score (nSPS) is 22.9. The van der Waals surface area contributed by atoms with Crippen molar-refractivity contribution in [2.45, 2.75) is 50.8 Å². The molecule has 4 heterocycles. The van der Waals surface area contributed by atoms with Gasteiger partial charge in [-0.1, -0.05) is 0 Å². The summed E-state index contributed by atoms with van der Waals surface area (Å²) in [6.45, 7) is 5.08. The van der Waals surface area contributed by atoms with Crippen LogP contribution in [0.5, 0.6) is 5.75 Å². The highest BCUT2D eigenvalue weighted by Gasteiger charge is 2.25. The lowest BCUT2D eigenvalue weighted by Crippen LogP contribution is -2.36. The minimum Gasteiger partial charge on any atom is -0.488 e. The van der Waals surface area contributed by atoms with Gasteiger partial charge in [0.25, 0.3) is 0 Å². The fourth-order valence-electron chi connectivity index (χ4n) is 5.11. The highest BCUT2D eigenvalue weighted by atomic mass is 16.5. The molecule has 2 aliphatic heterocycles. The molecule has 1 aromatic carbocycles. The fraction of sp³-hybridized carbons (Fsp3) is 0.520. The molecule has 2 aromatic heterocycles. The zero-order chi connectivity index (χ0) is 22.7. The predicted octanol–water partition coefficient (Wildman–Crippen LogP) is 2.70. The maximum absolute atomic E-state index is 6.55. The van der Waals surface area contributed by atoms with Crippen LogP contribution < -0.4 is 20.3 Å². The first kappa shape index (κ1) is 21.5. The molecule has 0 spiro atoms. The van der Waals surface area contributed by atoms with Crippen molar-refractivity contribution in [3.05, 3.63) is 42.0 Å². The standard InChI is InChI=1S/C25H31N7O2/c1-3-20(4-2-18(1)30-25-29-15-17-5-6-26-16-22(17)31-25)34-23-14-19(32-9-11-33-12-10-32)13-21-24(23)28-8-7-27-21/h7-8,13-15,18,20,26H,1-6,9-12,16H2,(H,29,30,31). The van der Waals surface area contributed by atoms with Crippen LogP contribution in [0.1, 0.15) is 36.9 Å². The van der Waals surface area contributed by atoms with Crippen LogP contribution in [0.4, 0.5) is 11.6 Å². The van der Waals surface area contributed by atoms with E-state index in [1.165, 1.54) is 5.56 Å². The van der Waals surface area contributed by atoms with Gasteiger partial charge in [-0.05, 0) is 50.3 Å². The summed E-state index contributed by atoms with van der Waals surface area (Å²) in [5, 5.41) is 6.94. The highest BCUT2D eigenvalue weighted by Crippen LogP contribution is 2.33. The van der Waals surface area contributed by atoms with Crippen molar-refractivity contribution >= 4 is 22.7 Å². The number of morpholine rings is 1. The van der Waals surface area contributed by atoms with Gasteiger partial charge in [-0.2, -0.15) is 0 Å². The Kier molecular flexibility index (Phi) is 6.12. The second-order valence-electron chi connectivity index (χ2n) is 9.30. The van der Waals surface area contributed by atoms with Crippen LogP contribution >= 0.6 is 0 Å². The van der Waals surface area contributed by atoms with Crippen molar-refractivity contribution in [1.29, 1.82) is 0 Å². The van der Waals surface area contributed by atoms with Gasteiger partial charge in [-0.15, -0.1) is 0 Å². The molecule has 0 radical (unpaired) electrons. The van der Waals surface area contributed by atoms with Gasteiger partial charge in [0.2, 0.25) is 5.95 Å². The van der Waals surface area contributed by atoms with Gasteiger partial charge in [0, 0.05) is 56.0 Å². The Bertz CT molecular complexity index is 1140. The van der Waals surface area contributed by atoms with Crippen molar-refractivity contribution < 1.29 is 9.47 Å². The molecular weight excluding hydrogens is 430 g/mol. The first-order valence-electron chi connectivity index (χ1n) is 12.4. The van der Waals surface area contributed by atoms with E-state index in [2.05, 4.69) is 42.6 Å².